The highest BCUT2D eigenvalue weighted by molar-refractivity contribution is 14.1. The molecule has 2 atom stereocenters. The maximum absolute atomic E-state index is 12.6. The zero-order valence-corrected chi connectivity index (χ0v) is 20.0. The fourth-order valence-corrected chi connectivity index (χ4v) is 5.62. The molecule has 28 heavy (non-hydrogen) atoms. The number of rotatable bonds is 17. The first-order valence-corrected chi connectivity index (χ1v) is 12.8. The molecule has 0 rings (SSSR count). The third-order valence-corrected chi connectivity index (χ3v) is 8.36. The number of carbonyl (C=O) groups excluding carboxylic acids is 1. The van der Waals surface area contributed by atoms with Crippen LogP contribution in [0.2, 0.25) is 0 Å². The molecule has 0 aliphatic carbocycles. The van der Waals surface area contributed by atoms with Crippen LogP contribution in [-0.2, 0) is 24.4 Å². The average Bonchev–Trinajstić information content (AvgIpc) is 2.62. The minimum absolute atomic E-state index is 0.00432. The molecule has 2 unspecified atom stereocenters. The van der Waals surface area contributed by atoms with Gasteiger partial charge in [0, 0.05) is 0 Å². The first kappa shape index (κ1) is 27.6. The van der Waals surface area contributed by atoms with Crippen LogP contribution in [0.1, 0.15) is 90.9 Å². The Morgan fingerprint density at radius 2 is 1.39 bits per heavy atom. The summed E-state index contributed by atoms with van der Waals surface area (Å²) in [5, 5.41) is 9.37. The number of carbonyl (C=O) groups is 2. The summed E-state index contributed by atoms with van der Waals surface area (Å²) >= 11 is 1.40. The van der Waals surface area contributed by atoms with Crippen molar-refractivity contribution >= 4 is 44.6 Å². The summed E-state index contributed by atoms with van der Waals surface area (Å²) in [4.78, 5) is 24.1. The van der Waals surface area contributed by atoms with Crippen LogP contribution >= 0.6 is 22.6 Å². The lowest BCUT2D eigenvalue weighted by Gasteiger charge is -2.30. The van der Waals surface area contributed by atoms with Gasteiger partial charge < -0.3 is 9.84 Å². The average molecular weight is 534 g/mol. The molecule has 166 valence electrons. The first-order chi connectivity index (χ1) is 13.1. The second kappa shape index (κ2) is 14.5. The molecular weight excluding hydrogens is 499 g/mol. The molecule has 9 heteroatoms. The number of unbranched alkanes of at least 4 members (excludes halogenated alkanes) is 9. The van der Waals surface area contributed by atoms with E-state index in [1.807, 2.05) is 6.92 Å². The Morgan fingerprint density at radius 3 is 1.86 bits per heavy atom. The summed E-state index contributed by atoms with van der Waals surface area (Å²) in [5.74, 6) is -2.64. The summed E-state index contributed by atoms with van der Waals surface area (Å²) in [7, 11) is -4.98. The van der Waals surface area contributed by atoms with Crippen LogP contribution in [0, 0.1) is 0 Å². The molecule has 0 aliphatic rings. The van der Waals surface area contributed by atoms with Crippen LogP contribution in [0.5, 0.6) is 0 Å². The van der Waals surface area contributed by atoms with Crippen molar-refractivity contribution in [1.29, 1.82) is 0 Å². The molecule has 0 saturated heterocycles. The van der Waals surface area contributed by atoms with Gasteiger partial charge in [0.05, 0.1) is 6.61 Å². The number of ether oxygens (including phenoxy) is 1. The van der Waals surface area contributed by atoms with E-state index in [4.69, 9.17) is 4.74 Å². The summed E-state index contributed by atoms with van der Waals surface area (Å²) in [6, 6.07) is 0. The second-order valence-corrected chi connectivity index (χ2v) is 10.1. The number of alkyl halides is 1. The zero-order valence-electron chi connectivity index (χ0n) is 17.0. The SMILES string of the molecule is CCCCCCCCCCC(C(=O)OCCCCC)(C(I)C(=O)O)S(=O)(=O)O. The highest BCUT2D eigenvalue weighted by Gasteiger charge is 2.59. The van der Waals surface area contributed by atoms with Crippen LogP contribution < -0.4 is 0 Å². The van der Waals surface area contributed by atoms with Gasteiger partial charge in [-0.3, -0.25) is 14.1 Å². The minimum atomic E-state index is -4.98. The molecule has 0 radical (unpaired) electrons. The summed E-state index contributed by atoms with van der Waals surface area (Å²) < 4.78 is 35.1. The predicted molar refractivity (Wildman–Crippen MR) is 117 cm³/mol. The molecule has 0 aromatic carbocycles. The van der Waals surface area contributed by atoms with Crippen LogP contribution in [0.4, 0.5) is 0 Å². The topological polar surface area (TPSA) is 118 Å². The third kappa shape index (κ3) is 8.94. The predicted octanol–water partition coefficient (Wildman–Crippen LogP) is 4.77. The number of aliphatic carboxylic acids is 1. The van der Waals surface area contributed by atoms with Gasteiger partial charge >= 0.3 is 11.9 Å². The number of carboxylic acids is 1. The smallest absolute Gasteiger partial charge is 0.331 e. The van der Waals surface area contributed by atoms with Gasteiger partial charge in [-0.2, -0.15) is 8.42 Å². The van der Waals surface area contributed by atoms with E-state index in [0.717, 1.165) is 44.9 Å². The van der Waals surface area contributed by atoms with Crippen LogP contribution in [-0.4, -0.2) is 45.3 Å². The van der Waals surface area contributed by atoms with Crippen molar-refractivity contribution in [2.45, 2.75) is 99.6 Å². The maximum Gasteiger partial charge on any atom is 0.331 e. The van der Waals surface area contributed by atoms with Crippen LogP contribution in [0.25, 0.3) is 0 Å². The van der Waals surface area contributed by atoms with Crippen molar-refractivity contribution in [1.82, 2.24) is 0 Å². The van der Waals surface area contributed by atoms with Gasteiger partial charge in [-0.15, -0.1) is 0 Å². The van der Waals surface area contributed by atoms with Gasteiger partial charge in [0.15, 0.2) is 0 Å². The molecule has 0 fully saturated rings. The van der Waals surface area contributed by atoms with Crippen LogP contribution in [0.3, 0.4) is 0 Å². The molecular formula is C19H35IO7S. The Bertz CT molecular complexity index is 565. The Morgan fingerprint density at radius 1 is 0.929 bits per heavy atom. The van der Waals surface area contributed by atoms with E-state index >= 15 is 0 Å². The second-order valence-electron chi connectivity index (χ2n) is 7.13. The van der Waals surface area contributed by atoms with Crippen molar-refractivity contribution < 1.29 is 32.4 Å². The first-order valence-electron chi connectivity index (χ1n) is 10.2. The molecule has 0 saturated carbocycles. The quantitative estimate of drug-likeness (QED) is 0.0908. The summed E-state index contributed by atoms with van der Waals surface area (Å²) in [6.07, 6.45) is 9.44. The van der Waals surface area contributed by atoms with E-state index in [1.165, 1.54) is 29.0 Å². The van der Waals surface area contributed by atoms with E-state index < -0.39 is 30.7 Å². The largest absolute Gasteiger partial charge is 0.480 e. The highest BCUT2D eigenvalue weighted by Crippen LogP contribution is 2.35. The maximum atomic E-state index is 12.6. The number of hydrogen-bond donors (Lipinski definition) is 2. The molecule has 0 bridgehead atoms. The Balaban J connectivity index is 5.10. The lowest BCUT2D eigenvalue weighted by Crippen LogP contribution is -2.56. The van der Waals surface area contributed by atoms with Gasteiger partial charge in [0.25, 0.3) is 10.1 Å². The van der Waals surface area contributed by atoms with Crippen molar-refractivity contribution in [2.24, 2.45) is 0 Å². The standard InChI is InChI=1S/C19H35IO7S/c1-3-5-7-8-9-10-11-12-14-19(28(24,25)26,16(20)17(21)22)18(23)27-15-13-6-4-2/h16H,3-15H2,1-2H3,(H,21,22)(H,24,25,26). The van der Waals surface area contributed by atoms with Gasteiger partial charge in [0.1, 0.15) is 3.92 Å². The number of esters is 1. The van der Waals surface area contributed by atoms with Gasteiger partial charge in [-0.25, -0.2) is 0 Å². The highest BCUT2D eigenvalue weighted by atomic mass is 127. The molecule has 2 N–H and O–H groups in total. The van der Waals surface area contributed by atoms with E-state index in [9.17, 15) is 27.7 Å². The lowest BCUT2D eigenvalue weighted by molar-refractivity contribution is -0.151. The summed E-state index contributed by atoms with van der Waals surface area (Å²) in [5.41, 5.74) is 0. The summed E-state index contributed by atoms with van der Waals surface area (Å²) in [6.45, 7) is 4.11. The molecule has 0 aliphatic heterocycles. The van der Waals surface area contributed by atoms with Crippen molar-refractivity contribution in [2.75, 3.05) is 6.61 Å². The van der Waals surface area contributed by atoms with Crippen molar-refractivity contribution in [3.63, 3.8) is 0 Å². The number of hydrogen-bond acceptors (Lipinski definition) is 5. The van der Waals surface area contributed by atoms with Crippen molar-refractivity contribution in [3.05, 3.63) is 0 Å². The number of carboxylic acid groups (broad SMARTS) is 1. The molecule has 0 amide bonds. The van der Waals surface area contributed by atoms with E-state index in [-0.39, 0.29) is 13.0 Å². The fraction of sp³-hybridized carbons (Fsp3) is 0.895. The zero-order chi connectivity index (χ0) is 21.6. The molecule has 0 spiro atoms. The normalized spacial score (nSPS) is 15.0. The Hall–Kier alpha value is -0.420. The van der Waals surface area contributed by atoms with Crippen LogP contribution in [0.15, 0.2) is 0 Å². The van der Waals surface area contributed by atoms with Gasteiger partial charge in [0.2, 0.25) is 4.75 Å². The fourth-order valence-electron chi connectivity index (χ4n) is 3.06. The number of halogens is 1. The van der Waals surface area contributed by atoms with E-state index in [1.54, 1.807) is 0 Å². The van der Waals surface area contributed by atoms with Crippen molar-refractivity contribution in [3.8, 4) is 0 Å². The minimum Gasteiger partial charge on any atom is -0.480 e. The molecule has 0 aromatic heterocycles. The Kier molecular flexibility index (Phi) is 14.3. The molecule has 0 aromatic rings. The van der Waals surface area contributed by atoms with E-state index in [0.29, 0.717) is 19.3 Å². The van der Waals surface area contributed by atoms with Gasteiger partial charge in [-0.05, 0) is 12.8 Å². The lowest BCUT2D eigenvalue weighted by atomic mass is 9.95. The molecule has 7 nitrogen and oxygen atoms in total. The molecule has 0 heterocycles. The Labute approximate surface area is 182 Å². The van der Waals surface area contributed by atoms with E-state index in [2.05, 4.69) is 6.92 Å². The third-order valence-electron chi connectivity index (χ3n) is 4.81. The monoisotopic (exact) mass is 534 g/mol. The van der Waals surface area contributed by atoms with Gasteiger partial charge in [-0.1, -0.05) is 101 Å².